The molecule has 0 radical (unpaired) electrons. The molecule has 0 fully saturated rings. The quantitative estimate of drug-likeness (QED) is 0.686. The first-order chi connectivity index (χ1) is 15.3. The minimum Gasteiger partial charge on any atom is -0.493 e. The summed E-state index contributed by atoms with van der Waals surface area (Å²) in [5.74, 6) is 2.22. The molecule has 0 amide bonds. The first-order valence-corrected chi connectivity index (χ1v) is 10.2. The Morgan fingerprint density at radius 1 is 1.10 bits per heavy atom. The van der Waals surface area contributed by atoms with Gasteiger partial charge in [0, 0.05) is 34.9 Å². The lowest BCUT2D eigenvalue weighted by Gasteiger charge is -2.20. The molecule has 2 N–H and O–H groups in total. The van der Waals surface area contributed by atoms with Crippen molar-refractivity contribution in [3.8, 4) is 11.5 Å². The molecule has 3 aliphatic rings. The number of anilines is 1. The van der Waals surface area contributed by atoms with E-state index in [4.69, 9.17) is 9.47 Å². The Morgan fingerprint density at radius 3 is 3.00 bits per heavy atom. The Bertz CT molecular complexity index is 1300. The second-order valence-electron chi connectivity index (χ2n) is 7.55. The van der Waals surface area contributed by atoms with E-state index in [0.29, 0.717) is 37.5 Å². The SMILES string of the molecule is Fc1ccc2c(c1CN=c1ncc(C3=CCOc4ccccc43)c3n1CNN3)CCO2. The minimum absolute atomic E-state index is 0.212. The Kier molecular flexibility index (Phi) is 4.24. The molecule has 4 heterocycles. The van der Waals surface area contributed by atoms with Crippen LogP contribution < -0.4 is 25.9 Å². The van der Waals surface area contributed by atoms with Gasteiger partial charge in [0.05, 0.1) is 19.8 Å². The van der Waals surface area contributed by atoms with Crippen LogP contribution in [0.1, 0.15) is 22.3 Å². The lowest BCUT2D eigenvalue weighted by Crippen LogP contribution is -2.25. The number of nitrogens with zero attached hydrogens (tertiary/aromatic N) is 3. The van der Waals surface area contributed by atoms with E-state index in [0.717, 1.165) is 39.6 Å². The number of nitrogens with one attached hydrogen (secondary N) is 2. The van der Waals surface area contributed by atoms with Gasteiger partial charge in [0.1, 0.15) is 29.7 Å². The summed E-state index contributed by atoms with van der Waals surface area (Å²) in [5, 5.41) is 0. The number of halogens is 1. The molecule has 3 aromatic rings. The first-order valence-electron chi connectivity index (χ1n) is 10.2. The van der Waals surface area contributed by atoms with Crippen LogP contribution in [0.25, 0.3) is 5.57 Å². The van der Waals surface area contributed by atoms with Gasteiger partial charge in [0.25, 0.3) is 0 Å². The molecule has 3 aliphatic heterocycles. The van der Waals surface area contributed by atoms with Crippen LogP contribution in [0.4, 0.5) is 10.2 Å². The van der Waals surface area contributed by atoms with E-state index in [1.165, 1.54) is 6.07 Å². The molecule has 2 aromatic carbocycles. The fourth-order valence-electron chi connectivity index (χ4n) is 4.34. The zero-order chi connectivity index (χ0) is 20.8. The van der Waals surface area contributed by atoms with Gasteiger partial charge in [-0.3, -0.25) is 4.57 Å². The fourth-order valence-corrected chi connectivity index (χ4v) is 4.34. The minimum atomic E-state index is -0.258. The van der Waals surface area contributed by atoms with Crippen LogP contribution in [-0.4, -0.2) is 22.8 Å². The van der Waals surface area contributed by atoms with Crippen molar-refractivity contribution in [1.29, 1.82) is 0 Å². The van der Waals surface area contributed by atoms with Gasteiger partial charge in [-0.25, -0.2) is 19.8 Å². The molecular weight excluding hydrogens is 397 g/mol. The van der Waals surface area contributed by atoms with E-state index < -0.39 is 0 Å². The van der Waals surface area contributed by atoms with Gasteiger partial charge in [0.2, 0.25) is 5.62 Å². The molecule has 0 saturated carbocycles. The number of benzene rings is 2. The van der Waals surface area contributed by atoms with Crippen LogP contribution in [0.2, 0.25) is 0 Å². The van der Waals surface area contributed by atoms with Gasteiger partial charge in [-0.2, -0.15) is 0 Å². The number of ether oxygens (including phenoxy) is 2. The molecule has 0 unspecified atom stereocenters. The monoisotopic (exact) mass is 417 g/mol. The molecule has 6 rings (SSSR count). The second kappa shape index (κ2) is 7.24. The van der Waals surface area contributed by atoms with Crippen molar-refractivity contribution in [1.82, 2.24) is 15.0 Å². The molecule has 31 heavy (non-hydrogen) atoms. The van der Waals surface area contributed by atoms with E-state index in [1.807, 2.05) is 35.0 Å². The second-order valence-corrected chi connectivity index (χ2v) is 7.55. The highest BCUT2D eigenvalue weighted by Gasteiger charge is 2.23. The van der Waals surface area contributed by atoms with E-state index in [9.17, 15) is 4.39 Å². The lowest BCUT2D eigenvalue weighted by atomic mass is 9.97. The van der Waals surface area contributed by atoms with Crippen molar-refractivity contribution < 1.29 is 13.9 Å². The summed E-state index contributed by atoms with van der Waals surface area (Å²) in [6.07, 6.45) is 4.57. The number of hydrazine groups is 1. The zero-order valence-corrected chi connectivity index (χ0v) is 16.7. The summed E-state index contributed by atoms with van der Waals surface area (Å²) in [5.41, 5.74) is 11.4. The molecule has 1 aromatic heterocycles. The van der Waals surface area contributed by atoms with Crippen molar-refractivity contribution in [2.75, 3.05) is 18.6 Å². The molecular formula is C23H20FN5O2. The molecule has 0 spiro atoms. The number of para-hydroxylation sites is 1. The van der Waals surface area contributed by atoms with Crippen molar-refractivity contribution in [2.45, 2.75) is 19.6 Å². The summed E-state index contributed by atoms with van der Waals surface area (Å²) in [6.45, 7) is 1.81. The van der Waals surface area contributed by atoms with Crippen LogP contribution in [0.15, 0.2) is 53.7 Å². The van der Waals surface area contributed by atoms with E-state index in [1.54, 1.807) is 6.07 Å². The average molecular weight is 417 g/mol. The molecule has 7 nitrogen and oxygen atoms in total. The maximum atomic E-state index is 14.5. The summed E-state index contributed by atoms with van der Waals surface area (Å²) in [6, 6.07) is 11.1. The van der Waals surface area contributed by atoms with Gasteiger partial charge < -0.3 is 14.9 Å². The predicted octanol–water partition coefficient (Wildman–Crippen LogP) is 2.77. The Morgan fingerprint density at radius 2 is 2.03 bits per heavy atom. The molecule has 0 atom stereocenters. The maximum Gasteiger partial charge on any atom is 0.227 e. The van der Waals surface area contributed by atoms with Gasteiger partial charge in [-0.15, -0.1) is 0 Å². The van der Waals surface area contributed by atoms with Crippen LogP contribution in [0.5, 0.6) is 11.5 Å². The number of hydrogen-bond acceptors (Lipinski definition) is 6. The third kappa shape index (κ3) is 2.98. The number of aromatic nitrogens is 2. The molecule has 156 valence electrons. The lowest BCUT2D eigenvalue weighted by molar-refractivity contribution is 0.356. The average Bonchev–Trinajstić information content (AvgIpc) is 3.48. The van der Waals surface area contributed by atoms with Gasteiger partial charge in [0.15, 0.2) is 0 Å². The highest BCUT2D eigenvalue weighted by atomic mass is 19.1. The van der Waals surface area contributed by atoms with Gasteiger partial charge in [-0.1, -0.05) is 18.2 Å². The fraction of sp³-hybridized carbons (Fsp3) is 0.217. The summed E-state index contributed by atoms with van der Waals surface area (Å²) in [4.78, 5) is 9.27. The third-order valence-corrected chi connectivity index (χ3v) is 5.83. The summed E-state index contributed by atoms with van der Waals surface area (Å²) >= 11 is 0. The zero-order valence-electron chi connectivity index (χ0n) is 16.7. The van der Waals surface area contributed by atoms with Crippen LogP contribution >= 0.6 is 0 Å². The summed E-state index contributed by atoms with van der Waals surface area (Å²) < 4.78 is 27.8. The molecule has 0 aliphatic carbocycles. The number of hydrogen-bond donors (Lipinski definition) is 2. The molecule has 8 heteroatoms. The maximum absolute atomic E-state index is 14.5. The highest BCUT2D eigenvalue weighted by Crippen LogP contribution is 2.36. The van der Waals surface area contributed by atoms with Crippen molar-refractivity contribution in [3.63, 3.8) is 0 Å². The van der Waals surface area contributed by atoms with Crippen LogP contribution in [-0.2, 0) is 19.6 Å². The van der Waals surface area contributed by atoms with Crippen molar-refractivity contribution in [2.24, 2.45) is 4.99 Å². The Labute approximate surface area is 177 Å². The predicted molar refractivity (Wildman–Crippen MR) is 113 cm³/mol. The third-order valence-electron chi connectivity index (χ3n) is 5.83. The van der Waals surface area contributed by atoms with Gasteiger partial charge >= 0.3 is 0 Å². The van der Waals surface area contributed by atoms with Crippen molar-refractivity contribution >= 4 is 11.4 Å². The largest absolute Gasteiger partial charge is 0.493 e. The van der Waals surface area contributed by atoms with Crippen molar-refractivity contribution in [3.05, 3.63) is 82.4 Å². The first kappa shape index (κ1) is 18.1. The highest BCUT2D eigenvalue weighted by molar-refractivity contribution is 5.88. The van der Waals surface area contributed by atoms with Gasteiger partial charge in [-0.05, 0) is 29.8 Å². The Hall–Kier alpha value is -3.65. The Balaban J connectivity index is 1.41. The van der Waals surface area contributed by atoms with E-state index in [2.05, 4.69) is 26.9 Å². The van der Waals surface area contributed by atoms with Crippen LogP contribution in [0.3, 0.4) is 0 Å². The topological polar surface area (TPSA) is 72.7 Å². The number of rotatable bonds is 3. The number of fused-ring (bicyclic) bond motifs is 3. The summed E-state index contributed by atoms with van der Waals surface area (Å²) in [7, 11) is 0. The van der Waals surface area contributed by atoms with Crippen LogP contribution in [0, 0.1) is 5.82 Å². The van der Waals surface area contributed by atoms with E-state index in [-0.39, 0.29) is 12.4 Å². The standard InChI is InChI=1S/C23H20FN5O2/c24-19-5-6-21-16(8-10-31-21)17(19)11-25-23-26-12-18(22-28-27-13-29(22)23)14-7-9-30-20-4-2-1-3-15(14)20/h1-7,12,27-28H,8-11,13H2. The van der Waals surface area contributed by atoms with E-state index >= 15 is 0 Å². The molecule has 0 bridgehead atoms. The normalized spacial score (nSPS) is 16.5. The smallest absolute Gasteiger partial charge is 0.227 e. The molecule has 0 saturated heterocycles.